The molecular formula is C15H14ClN3S. The zero-order valence-corrected chi connectivity index (χ0v) is 12.4. The molecule has 0 unspecified atom stereocenters. The van der Waals surface area contributed by atoms with E-state index in [-0.39, 0.29) is 0 Å². The van der Waals surface area contributed by atoms with E-state index in [1.165, 1.54) is 0 Å². The number of amidine groups is 1. The minimum atomic E-state index is 0.735. The molecule has 0 atom stereocenters. The summed E-state index contributed by atoms with van der Waals surface area (Å²) in [5.41, 5.74) is 2.00. The zero-order chi connectivity index (χ0) is 13.8. The molecule has 0 spiro atoms. The Bertz CT molecular complexity index is 598. The number of benzene rings is 1. The van der Waals surface area contributed by atoms with Gasteiger partial charge in [0, 0.05) is 23.5 Å². The Morgan fingerprint density at radius 2 is 2.05 bits per heavy atom. The number of rotatable bonds is 3. The van der Waals surface area contributed by atoms with Crippen LogP contribution in [0, 0.1) is 0 Å². The van der Waals surface area contributed by atoms with Crippen LogP contribution in [0.3, 0.4) is 0 Å². The van der Waals surface area contributed by atoms with E-state index in [9.17, 15) is 0 Å². The first kappa shape index (κ1) is 13.5. The van der Waals surface area contributed by atoms with Crippen molar-refractivity contribution < 1.29 is 0 Å². The number of aromatic nitrogens is 1. The van der Waals surface area contributed by atoms with Crippen LogP contribution in [0.25, 0.3) is 0 Å². The van der Waals surface area contributed by atoms with Crippen molar-refractivity contribution >= 4 is 34.2 Å². The van der Waals surface area contributed by atoms with Gasteiger partial charge in [-0.15, -0.1) is 0 Å². The van der Waals surface area contributed by atoms with Gasteiger partial charge in [-0.3, -0.25) is 4.98 Å². The lowest BCUT2D eigenvalue weighted by Gasteiger charge is -2.17. The van der Waals surface area contributed by atoms with E-state index in [1.807, 2.05) is 48.7 Å². The molecule has 0 saturated carbocycles. The highest BCUT2D eigenvalue weighted by atomic mass is 35.5. The van der Waals surface area contributed by atoms with Crippen molar-refractivity contribution in [1.29, 1.82) is 0 Å². The van der Waals surface area contributed by atoms with Gasteiger partial charge in [0.1, 0.15) is 0 Å². The molecule has 3 nitrogen and oxygen atoms in total. The van der Waals surface area contributed by atoms with Crippen molar-refractivity contribution in [1.82, 2.24) is 9.88 Å². The van der Waals surface area contributed by atoms with Gasteiger partial charge in [-0.05, 0) is 36.4 Å². The van der Waals surface area contributed by atoms with E-state index < -0.39 is 0 Å². The molecule has 1 aliphatic rings. The van der Waals surface area contributed by atoms with Crippen LogP contribution in [0.5, 0.6) is 0 Å². The van der Waals surface area contributed by atoms with Gasteiger partial charge in [0.15, 0.2) is 5.17 Å². The fourth-order valence-electron chi connectivity index (χ4n) is 2.00. The molecule has 0 amide bonds. The molecule has 2 heterocycles. The first-order valence-corrected chi connectivity index (χ1v) is 7.79. The molecule has 1 aromatic carbocycles. The van der Waals surface area contributed by atoms with E-state index in [0.717, 1.165) is 40.4 Å². The van der Waals surface area contributed by atoms with E-state index in [2.05, 4.69) is 9.88 Å². The second-order valence-electron chi connectivity index (χ2n) is 4.46. The minimum Gasteiger partial charge on any atom is -0.344 e. The molecule has 1 fully saturated rings. The lowest BCUT2D eigenvalue weighted by molar-refractivity contribution is 0.450. The highest BCUT2D eigenvalue weighted by molar-refractivity contribution is 8.14. The molecule has 1 saturated heterocycles. The lowest BCUT2D eigenvalue weighted by Crippen LogP contribution is -2.24. The largest absolute Gasteiger partial charge is 0.344 e. The topological polar surface area (TPSA) is 28.5 Å². The maximum atomic E-state index is 5.89. The Balaban J connectivity index is 1.76. The van der Waals surface area contributed by atoms with Crippen LogP contribution in [0.4, 0.5) is 5.69 Å². The fraction of sp³-hybridized carbons (Fsp3) is 0.200. The van der Waals surface area contributed by atoms with Crippen LogP contribution >= 0.6 is 23.4 Å². The summed E-state index contributed by atoms with van der Waals surface area (Å²) in [6.07, 6.45) is 1.83. The Morgan fingerprint density at radius 1 is 1.20 bits per heavy atom. The number of nitrogens with zero attached hydrogens (tertiary/aromatic N) is 3. The first-order valence-electron chi connectivity index (χ1n) is 6.43. The molecule has 0 radical (unpaired) electrons. The summed E-state index contributed by atoms with van der Waals surface area (Å²) >= 11 is 7.68. The van der Waals surface area contributed by atoms with Crippen LogP contribution in [-0.2, 0) is 6.54 Å². The summed E-state index contributed by atoms with van der Waals surface area (Å²) in [5.74, 6) is 1.07. The number of aliphatic imine (C=N–C) groups is 1. The molecule has 20 heavy (non-hydrogen) atoms. The standard InChI is InChI=1S/C15H14ClN3S/c16-12-4-6-13(7-5-12)18-15-19(9-10-20-15)11-14-3-1-2-8-17-14/h1-8H,9-11H2. The molecule has 1 aromatic heterocycles. The monoisotopic (exact) mass is 303 g/mol. The third kappa shape index (κ3) is 3.32. The summed E-state index contributed by atoms with van der Waals surface area (Å²) in [7, 11) is 0. The van der Waals surface area contributed by atoms with Gasteiger partial charge in [0.05, 0.1) is 17.9 Å². The summed E-state index contributed by atoms with van der Waals surface area (Å²) in [4.78, 5) is 11.3. The van der Waals surface area contributed by atoms with Gasteiger partial charge in [-0.25, -0.2) is 4.99 Å². The van der Waals surface area contributed by atoms with Gasteiger partial charge >= 0.3 is 0 Å². The molecular weight excluding hydrogens is 290 g/mol. The highest BCUT2D eigenvalue weighted by Gasteiger charge is 2.19. The van der Waals surface area contributed by atoms with Gasteiger partial charge in [-0.2, -0.15) is 0 Å². The van der Waals surface area contributed by atoms with Crippen LogP contribution < -0.4 is 0 Å². The Kier molecular flexibility index (Phi) is 4.23. The van der Waals surface area contributed by atoms with Gasteiger partial charge in [-0.1, -0.05) is 29.4 Å². The number of halogens is 1. The number of thioether (sulfide) groups is 1. The van der Waals surface area contributed by atoms with Crippen LogP contribution in [-0.4, -0.2) is 27.3 Å². The molecule has 3 rings (SSSR count). The van der Waals surface area contributed by atoms with Crippen molar-refractivity contribution in [2.24, 2.45) is 4.99 Å². The van der Waals surface area contributed by atoms with Gasteiger partial charge in [0.2, 0.25) is 0 Å². The molecule has 2 aromatic rings. The Labute approximate surface area is 127 Å². The van der Waals surface area contributed by atoms with E-state index >= 15 is 0 Å². The second-order valence-corrected chi connectivity index (χ2v) is 5.96. The Morgan fingerprint density at radius 3 is 2.80 bits per heavy atom. The van der Waals surface area contributed by atoms with Crippen LogP contribution in [0.2, 0.25) is 5.02 Å². The molecule has 102 valence electrons. The van der Waals surface area contributed by atoms with E-state index in [1.54, 1.807) is 11.8 Å². The molecule has 1 aliphatic heterocycles. The van der Waals surface area contributed by atoms with E-state index in [0.29, 0.717) is 0 Å². The maximum Gasteiger partial charge on any atom is 0.164 e. The summed E-state index contributed by atoms with van der Waals surface area (Å²) in [5, 5.41) is 1.79. The quantitative estimate of drug-likeness (QED) is 0.859. The third-order valence-electron chi connectivity index (χ3n) is 2.99. The van der Waals surface area contributed by atoms with Crippen LogP contribution in [0.15, 0.2) is 53.7 Å². The summed E-state index contributed by atoms with van der Waals surface area (Å²) < 4.78 is 0. The smallest absolute Gasteiger partial charge is 0.164 e. The number of hydrogen-bond acceptors (Lipinski definition) is 3. The Hall–Kier alpha value is -1.52. The minimum absolute atomic E-state index is 0.735. The molecule has 0 bridgehead atoms. The molecule has 5 heteroatoms. The van der Waals surface area contributed by atoms with Gasteiger partial charge < -0.3 is 4.90 Å². The predicted octanol–water partition coefficient (Wildman–Crippen LogP) is 3.97. The normalized spacial score (nSPS) is 16.9. The SMILES string of the molecule is Clc1ccc(N=C2SCCN2Cc2ccccn2)cc1. The van der Waals surface area contributed by atoms with Crippen LogP contribution in [0.1, 0.15) is 5.69 Å². The summed E-state index contributed by atoms with van der Waals surface area (Å²) in [6, 6.07) is 13.6. The van der Waals surface area contributed by atoms with Crippen molar-refractivity contribution in [3.63, 3.8) is 0 Å². The zero-order valence-electron chi connectivity index (χ0n) is 10.9. The fourth-order valence-corrected chi connectivity index (χ4v) is 3.13. The average Bonchev–Trinajstić information content (AvgIpc) is 2.90. The number of hydrogen-bond donors (Lipinski definition) is 0. The first-order chi connectivity index (χ1) is 9.81. The van der Waals surface area contributed by atoms with Crippen molar-refractivity contribution in [3.8, 4) is 0 Å². The maximum absolute atomic E-state index is 5.89. The predicted molar refractivity (Wildman–Crippen MR) is 85.7 cm³/mol. The van der Waals surface area contributed by atoms with Crippen molar-refractivity contribution in [3.05, 3.63) is 59.4 Å². The van der Waals surface area contributed by atoms with Crippen molar-refractivity contribution in [2.75, 3.05) is 12.3 Å². The average molecular weight is 304 g/mol. The molecule has 0 N–H and O–H groups in total. The van der Waals surface area contributed by atoms with Gasteiger partial charge in [0.25, 0.3) is 0 Å². The third-order valence-corrected chi connectivity index (χ3v) is 4.24. The molecule has 0 aliphatic carbocycles. The van der Waals surface area contributed by atoms with E-state index in [4.69, 9.17) is 16.6 Å². The summed E-state index contributed by atoms with van der Waals surface area (Å²) in [6.45, 7) is 1.81. The second kappa shape index (κ2) is 6.29. The number of pyridine rings is 1. The van der Waals surface area contributed by atoms with Crippen molar-refractivity contribution in [2.45, 2.75) is 6.54 Å². The highest BCUT2D eigenvalue weighted by Crippen LogP contribution is 2.24. The lowest BCUT2D eigenvalue weighted by atomic mass is 10.3.